The number of aromatic nitrogens is 1. The average molecular weight is 143 g/mol. The molecule has 1 unspecified atom stereocenters. The van der Waals surface area contributed by atoms with Gasteiger partial charge in [-0.05, 0) is 12.1 Å². The second-order valence-electron chi connectivity index (χ2n) is 1.66. The van der Waals surface area contributed by atoms with E-state index in [9.17, 15) is 0 Å². The summed E-state index contributed by atoms with van der Waals surface area (Å²) >= 11 is 5.52. The molecule has 0 fully saturated rings. The molecule has 0 saturated heterocycles. The molecule has 0 radical (unpaired) electrons. The molecule has 0 aliphatic heterocycles. The van der Waals surface area contributed by atoms with Crippen molar-refractivity contribution in [2.45, 2.75) is 5.50 Å². The monoisotopic (exact) mass is 142 g/mol. The van der Waals surface area contributed by atoms with Gasteiger partial charge >= 0.3 is 0 Å². The lowest BCUT2D eigenvalue weighted by atomic mass is 10.3. The summed E-state index contributed by atoms with van der Waals surface area (Å²) in [5.41, 5.74) is 5.54. The molecule has 3 heteroatoms. The first-order chi connectivity index (χ1) is 4.30. The van der Waals surface area contributed by atoms with Crippen LogP contribution in [-0.2, 0) is 0 Å². The first kappa shape index (κ1) is 6.52. The highest BCUT2D eigenvalue weighted by molar-refractivity contribution is 6.20. The van der Waals surface area contributed by atoms with Crippen LogP contribution in [0.3, 0.4) is 0 Å². The first-order valence-corrected chi connectivity index (χ1v) is 3.05. The SMILES string of the molecule is NC(Cl)c1ccccn1. The van der Waals surface area contributed by atoms with E-state index in [4.69, 9.17) is 17.3 Å². The van der Waals surface area contributed by atoms with Gasteiger partial charge in [-0.25, -0.2) is 0 Å². The van der Waals surface area contributed by atoms with Crippen LogP contribution < -0.4 is 5.73 Å². The zero-order chi connectivity index (χ0) is 6.69. The number of hydrogen-bond donors (Lipinski definition) is 1. The predicted molar refractivity (Wildman–Crippen MR) is 37.0 cm³/mol. The normalized spacial score (nSPS) is 13.1. The van der Waals surface area contributed by atoms with E-state index >= 15 is 0 Å². The van der Waals surface area contributed by atoms with Gasteiger partial charge in [0.25, 0.3) is 0 Å². The lowest BCUT2D eigenvalue weighted by Gasteiger charge is -1.98. The van der Waals surface area contributed by atoms with E-state index in [0.717, 1.165) is 0 Å². The first-order valence-electron chi connectivity index (χ1n) is 2.61. The topological polar surface area (TPSA) is 38.9 Å². The minimum atomic E-state index is -0.480. The van der Waals surface area contributed by atoms with Gasteiger partial charge in [-0.3, -0.25) is 4.98 Å². The fourth-order valence-corrected chi connectivity index (χ4v) is 0.668. The van der Waals surface area contributed by atoms with E-state index in [1.165, 1.54) is 0 Å². The fourth-order valence-electron chi connectivity index (χ4n) is 0.539. The minimum Gasteiger partial charge on any atom is -0.310 e. The Morgan fingerprint density at radius 3 is 2.67 bits per heavy atom. The molecule has 2 nitrogen and oxygen atoms in total. The molecule has 2 N–H and O–H groups in total. The molecule has 1 atom stereocenters. The van der Waals surface area contributed by atoms with Gasteiger partial charge in [-0.15, -0.1) is 0 Å². The van der Waals surface area contributed by atoms with Gasteiger partial charge in [0.05, 0.1) is 5.69 Å². The molecule has 1 aromatic rings. The van der Waals surface area contributed by atoms with Crippen LogP contribution in [0.5, 0.6) is 0 Å². The van der Waals surface area contributed by atoms with Crippen molar-refractivity contribution in [2.75, 3.05) is 0 Å². The quantitative estimate of drug-likeness (QED) is 0.474. The lowest BCUT2D eigenvalue weighted by Crippen LogP contribution is -2.03. The Hall–Kier alpha value is -0.600. The van der Waals surface area contributed by atoms with Crippen molar-refractivity contribution in [1.29, 1.82) is 0 Å². The molecule has 48 valence electrons. The maximum atomic E-state index is 5.52. The zero-order valence-corrected chi connectivity index (χ0v) is 5.55. The van der Waals surface area contributed by atoms with Gasteiger partial charge in [0, 0.05) is 6.20 Å². The Labute approximate surface area is 58.7 Å². The third-order valence-corrected chi connectivity index (χ3v) is 1.19. The summed E-state index contributed by atoms with van der Waals surface area (Å²) in [5.74, 6) is 0. The van der Waals surface area contributed by atoms with Crippen molar-refractivity contribution in [3.63, 3.8) is 0 Å². The summed E-state index contributed by atoms with van der Waals surface area (Å²) in [7, 11) is 0. The molecular weight excluding hydrogens is 136 g/mol. The summed E-state index contributed by atoms with van der Waals surface area (Å²) in [6.45, 7) is 0. The standard InChI is InChI=1S/C6H7ClN2/c7-6(8)5-3-1-2-4-9-5/h1-4,6H,8H2. The number of halogens is 1. The summed E-state index contributed by atoms with van der Waals surface area (Å²) in [4.78, 5) is 3.92. The Morgan fingerprint density at radius 2 is 2.33 bits per heavy atom. The van der Waals surface area contributed by atoms with Crippen LogP contribution in [0.4, 0.5) is 0 Å². The summed E-state index contributed by atoms with van der Waals surface area (Å²) in [5, 5.41) is 0. The van der Waals surface area contributed by atoms with Crippen LogP contribution in [-0.4, -0.2) is 4.98 Å². The molecule has 9 heavy (non-hydrogen) atoms. The van der Waals surface area contributed by atoms with Crippen LogP contribution in [0.25, 0.3) is 0 Å². The molecule has 0 aliphatic carbocycles. The number of rotatable bonds is 1. The van der Waals surface area contributed by atoms with Gasteiger partial charge in [0.1, 0.15) is 5.50 Å². The molecule has 1 aromatic heterocycles. The maximum absolute atomic E-state index is 5.52. The second kappa shape index (κ2) is 2.80. The van der Waals surface area contributed by atoms with Crippen LogP contribution in [0.15, 0.2) is 24.4 Å². The molecule has 0 saturated carbocycles. The van der Waals surface area contributed by atoms with Crippen molar-refractivity contribution in [1.82, 2.24) is 4.98 Å². The molecule has 1 heterocycles. The van der Waals surface area contributed by atoms with Gasteiger partial charge in [-0.2, -0.15) is 0 Å². The number of nitrogens with zero attached hydrogens (tertiary/aromatic N) is 1. The average Bonchev–Trinajstić information content (AvgIpc) is 1.90. The predicted octanol–water partition coefficient (Wildman–Crippen LogP) is 1.28. The van der Waals surface area contributed by atoms with Gasteiger partial charge < -0.3 is 5.73 Å². The van der Waals surface area contributed by atoms with Crippen LogP contribution in [0.1, 0.15) is 11.2 Å². The van der Waals surface area contributed by atoms with E-state index in [-0.39, 0.29) is 0 Å². The van der Waals surface area contributed by atoms with Crippen LogP contribution in [0.2, 0.25) is 0 Å². The van der Waals surface area contributed by atoms with E-state index in [1.54, 1.807) is 12.3 Å². The number of pyridine rings is 1. The maximum Gasteiger partial charge on any atom is 0.123 e. The molecule has 1 rings (SSSR count). The largest absolute Gasteiger partial charge is 0.310 e. The number of hydrogen-bond acceptors (Lipinski definition) is 2. The Kier molecular flexibility index (Phi) is 2.03. The van der Waals surface area contributed by atoms with E-state index in [1.807, 2.05) is 12.1 Å². The van der Waals surface area contributed by atoms with Gasteiger partial charge in [0.2, 0.25) is 0 Å². The lowest BCUT2D eigenvalue weighted by molar-refractivity contribution is 0.950. The minimum absolute atomic E-state index is 0.480. The van der Waals surface area contributed by atoms with Gasteiger partial charge in [0.15, 0.2) is 0 Å². The highest BCUT2D eigenvalue weighted by Gasteiger charge is 1.98. The van der Waals surface area contributed by atoms with Gasteiger partial charge in [-0.1, -0.05) is 17.7 Å². The summed E-state index contributed by atoms with van der Waals surface area (Å²) in [6.07, 6.45) is 1.66. The molecule has 0 aliphatic rings. The summed E-state index contributed by atoms with van der Waals surface area (Å²) < 4.78 is 0. The van der Waals surface area contributed by atoms with Crippen molar-refractivity contribution >= 4 is 11.6 Å². The van der Waals surface area contributed by atoms with Crippen LogP contribution in [0, 0.1) is 0 Å². The van der Waals surface area contributed by atoms with E-state index < -0.39 is 5.50 Å². The summed E-state index contributed by atoms with van der Waals surface area (Å²) in [6, 6.07) is 5.46. The number of alkyl halides is 1. The molecule has 0 aromatic carbocycles. The molecular formula is C6H7ClN2. The third-order valence-electron chi connectivity index (χ3n) is 0.970. The van der Waals surface area contributed by atoms with Crippen molar-refractivity contribution in [3.8, 4) is 0 Å². The third kappa shape index (κ3) is 1.66. The van der Waals surface area contributed by atoms with E-state index in [2.05, 4.69) is 4.98 Å². The highest BCUT2D eigenvalue weighted by Crippen LogP contribution is 2.08. The number of nitrogens with two attached hydrogens (primary N) is 1. The van der Waals surface area contributed by atoms with E-state index in [0.29, 0.717) is 5.69 Å². The Morgan fingerprint density at radius 1 is 1.56 bits per heavy atom. The zero-order valence-electron chi connectivity index (χ0n) is 4.79. The van der Waals surface area contributed by atoms with Crippen molar-refractivity contribution < 1.29 is 0 Å². The van der Waals surface area contributed by atoms with Crippen molar-refractivity contribution in [2.24, 2.45) is 5.73 Å². The van der Waals surface area contributed by atoms with Crippen LogP contribution >= 0.6 is 11.6 Å². The fraction of sp³-hybridized carbons (Fsp3) is 0.167. The molecule has 0 amide bonds. The second-order valence-corrected chi connectivity index (χ2v) is 2.13. The Bertz CT molecular complexity index is 174. The Balaban J connectivity index is 2.85. The highest BCUT2D eigenvalue weighted by atomic mass is 35.5. The smallest absolute Gasteiger partial charge is 0.123 e. The molecule has 0 bridgehead atoms. The van der Waals surface area contributed by atoms with Crippen molar-refractivity contribution in [3.05, 3.63) is 30.1 Å². The molecule has 0 spiro atoms.